The number of hydrogen-bond acceptors (Lipinski definition) is 3. The Labute approximate surface area is 154 Å². The van der Waals surface area contributed by atoms with Crippen LogP contribution in [0.3, 0.4) is 0 Å². The summed E-state index contributed by atoms with van der Waals surface area (Å²) in [6, 6.07) is 14.9. The number of methoxy groups -OCH3 is 1. The summed E-state index contributed by atoms with van der Waals surface area (Å²) in [4.78, 5) is 14.7. The lowest BCUT2D eigenvalue weighted by Gasteiger charge is -2.16. The number of likely N-dealkylation sites (tertiary alicyclic amines) is 1. The molecule has 1 amide bonds. The van der Waals surface area contributed by atoms with Crippen molar-refractivity contribution in [1.29, 1.82) is 0 Å². The highest BCUT2D eigenvalue weighted by molar-refractivity contribution is 5.97. The molecule has 1 atom stereocenters. The van der Waals surface area contributed by atoms with Gasteiger partial charge in [-0.3, -0.25) is 9.69 Å². The molecule has 0 aliphatic carbocycles. The van der Waals surface area contributed by atoms with E-state index in [-0.39, 0.29) is 11.3 Å². The van der Waals surface area contributed by atoms with Crippen LogP contribution in [0.15, 0.2) is 48.5 Å². The van der Waals surface area contributed by atoms with E-state index in [0.29, 0.717) is 12.5 Å². The van der Waals surface area contributed by atoms with Crippen molar-refractivity contribution in [3.05, 3.63) is 65.5 Å². The van der Waals surface area contributed by atoms with Gasteiger partial charge in [0.2, 0.25) is 0 Å². The van der Waals surface area contributed by atoms with Gasteiger partial charge in [-0.25, -0.2) is 4.39 Å². The molecular formula is C21H25FN2O2. The monoisotopic (exact) mass is 356 g/mol. The Morgan fingerprint density at radius 2 is 2.04 bits per heavy atom. The number of ether oxygens (including phenoxy) is 1. The minimum atomic E-state index is -0.559. The molecule has 5 heteroatoms. The molecule has 1 aliphatic rings. The van der Waals surface area contributed by atoms with Crippen LogP contribution in [0.1, 0.15) is 28.8 Å². The molecule has 1 unspecified atom stereocenters. The lowest BCUT2D eigenvalue weighted by Crippen LogP contribution is -2.28. The van der Waals surface area contributed by atoms with E-state index in [1.165, 1.54) is 24.8 Å². The van der Waals surface area contributed by atoms with E-state index in [2.05, 4.69) is 34.5 Å². The third kappa shape index (κ3) is 4.61. The van der Waals surface area contributed by atoms with Crippen LogP contribution in [-0.4, -0.2) is 37.6 Å². The summed E-state index contributed by atoms with van der Waals surface area (Å²) in [5.41, 5.74) is 1.31. The van der Waals surface area contributed by atoms with Crippen LogP contribution in [0.25, 0.3) is 0 Å². The molecule has 2 aromatic rings. The highest BCUT2D eigenvalue weighted by Crippen LogP contribution is 2.22. The summed E-state index contributed by atoms with van der Waals surface area (Å²) in [6.07, 6.45) is 2.03. The number of amides is 1. The molecular weight excluding hydrogens is 331 g/mol. The molecule has 1 saturated heterocycles. The summed E-state index contributed by atoms with van der Waals surface area (Å²) in [5.74, 6) is -0.158. The van der Waals surface area contributed by atoms with Gasteiger partial charge in [-0.2, -0.15) is 0 Å². The molecule has 26 heavy (non-hydrogen) atoms. The highest BCUT2D eigenvalue weighted by atomic mass is 19.1. The van der Waals surface area contributed by atoms with Crippen LogP contribution in [0.4, 0.5) is 4.39 Å². The average Bonchev–Trinajstić information content (AvgIpc) is 3.09. The Morgan fingerprint density at radius 1 is 1.23 bits per heavy atom. The number of nitrogens with one attached hydrogen (secondary N) is 1. The smallest absolute Gasteiger partial charge is 0.258 e. The third-order valence-electron chi connectivity index (χ3n) is 4.88. The van der Waals surface area contributed by atoms with Gasteiger partial charge in [0.15, 0.2) is 0 Å². The zero-order valence-corrected chi connectivity index (χ0v) is 15.1. The summed E-state index contributed by atoms with van der Waals surface area (Å²) >= 11 is 0. The Kier molecular flexibility index (Phi) is 6.23. The van der Waals surface area contributed by atoms with Crippen molar-refractivity contribution in [3.63, 3.8) is 0 Å². The van der Waals surface area contributed by atoms with Crippen LogP contribution in [0, 0.1) is 11.7 Å². The van der Waals surface area contributed by atoms with Crippen molar-refractivity contribution < 1.29 is 13.9 Å². The van der Waals surface area contributed by atoms with Gasteiger partial charge in [-0.15, -0.1) is 0 Å². The van der Waals surface area contributed by atoms with Gasteiger partial charge in [-0.05, 0) is 43.0 Å². The molecule has 1 heterocycles. The quantitative estimate of drug-likeness (QED) is 0.826. The number of nitrogens with zero attached hydrogens (tertiary/aromatic N) is 1. The fraction of sp³-hybridized carbons (Fsp3) is 0.381. The predicted octanol–water partition coefficient (Wildman–Crippen LogP) is 3.48. The van der Waals surface area contributed by atoms with E-state index in [1.807, 2.05) is 6.07 Å². The number of carbonyl (C=O) groups is 1. The summed E-state index contributed by atoms with van der Waals surface area (Å²) in [7, 11) is 1.44. The number of halogens is 1. The van der Waals surface area contributed by atoms with Gasteiger partial charge in [0.1, 0.15) is 17.1 Å². The molecule has 0 saturated carbocycles. The largest absolute Gasteiger partial charge is 0.496 e. The molecule has 1 aliphatic heterocycles. The Hall–Kier alpha value is -2.40. The highest BCUT2D eigenvalue weighted by Gasteiger charge is 2.23. The second kappa shape index (κ2) is 8.81. The SMILES string of the molecule is COc1cccc(F)c1C(=O)NCCC1CCN(Cc2ccccc2)C1. The fourth-order valence-electron chi connectivity index (χ4n) is 3.51. The van der Waals surface area contributed by atoms with Crippen LogP contribution in [0.2, 0.25) is 0 Å². The molecule has 4 nitrogen and oxygen atoms in total. The van der Waals surface area contributed by atoms with Crippen LogP contribution in [-0.2, 0) is 6.54 Å². The first-order chi connectivity index (χ1) is 12.7. The summed E-state index contributed by atoms with van der Waals surface area (Å²) in [5, 5.41) is 2.83. The number of hydrogen-bond donors (Lipinski definition) is 1. The van der Waals surface area contributed by atoms with E-state index in [1.54, 1.807) is 6.07 Å². The Bertz CT molecular complexity index is 736. The molecule has 1 N–H and O–H groups in total. The Morgan fingerprint density at radius 3 is 2.81 bits per heavy atom. The van der Waals surface area contributed by atoms with Gasteiger partial charge in [0.05, 0.1) is 7.11 Å². The first kappa shape index (κ1) is 18.4. The van der Waals surface area contributed by atoms with Crippen molar-refractivity contribution >= 4 is 5.91 Å². The Balaban J connectivity index is 1.45. The molecule has 138 valence electrons. The maximum Gasteiger partial charge on any atom is 0.258 e. The number of carbonyl (C=O) groups excluding carboxylic acids is 1. The second-order valence-electron chi connectivity index (χ2n) is 6.74. The van der Waals surface area contributed by atoms with Crippen LogP contribution >= 0.6 is 0 Å². The topological polar surface area (TPSA) is 41.6 Å². The van der Waals surface area contributed by atoms with E-state index in [9.17, 15) is 9.18 Å². The maximum atomic E-state index is 13.9. The first-order valence-corrected chi connectivity index (χ1v) is 9.04. The summed E-state index contributed by atoms with van der Waals surface area (Å²) in [6.45, 7) is 3.62. The van der Waals surface area contributed by atoms with Gasteiger partial charge in [-0.1, -0.05) is 36.4 Å². The second-order valence-corrected chi connectivity index (χ2v) is 6.74. The molecule has 3 rings (SSSR count). The zero-order valence-electron chi connectivity index (χ0n) is 15.1. The molecule has 0 aromatic heterocycles. The van der Waals surface area contributed by atoms with E-state index >= 15 is 0 Å². The van der Waals surface area contributed by atoms with Crippen molar-refractivity contribution in [3.8, 4) is 5.75 Å². The molecule has 2 aromatic carbocycles. The lowest BCUT2D eigenvalue weighted by atomic mass is 10.1. The predicted molar refractivity (Wildman–Crippen MR) is 99.7 cm³/mol. The van der Waals surface area contributed by atoms with E-state index in [0.717, 1.165) is 32.5 Å². The lowest BCUT2D eigenvalue weighted by molar-refractivity contribution is 0.0944. The molecule has 0 spiro atoms. The minimum Gasteiger partial charge on any atom is -0.496 e. The van der Waals surface area contributed by atoms with Crippen molar-refractivity contribution in [1.82, 2.24) is 10.2 Å². The number of benzene rings is 2. The molecule has 0 bridgehead atoms. The molecule has 1 fully saturated rings. The first-order valence-electron chi connectivity index (χ1n) is 9.04. The van der Waals surface area contributed by atoms with Gasteiger partial charge >= 0.3 is 0 Å². The van der Waals surface area contributed by atoms with Crippen LogP contribution in [0.5, 0.6) is 5.75 Å². The van der Waals surface area contributed by atoms with Crippen LogP contribution < -0.4 is 10.1 Å². The third-order valence-corrected chi connectivity index (χ3v) is 4.88. The number of rotatable bonds is 7. The maximum absolute atomic E-state index is 13.9. The van der Waals surface area contributed by atoms with Gasteiger partial charge in [0, 0.05) is 19.6 Å². The standard InChI is InChI=1S/C21H25FN2O2/c1-26-19-9-5-8-18(22)20(19)21(25)23-12-10-17-11-13-24(15-17)14-16-6-3-2-4-7-16/h2-9,17H,10-15H2,1H3,(H,23,25). The van der Waals surface area contributed by atoms with Gasteiger partial charge in [0.25, 0.3) is 5.91 Å². The minimum absolute atomic E-state index is 0.0212. The van der Waals surface area contributed by atoms with E-state index in [4.69, 9.17) is 4.74 Å². The van der Waals surface area contributed by atoms with Gasteiger partial charge < -0.3 is 10.1 Å². The average molecular weight is 356 g/mol. The zero-order chi connectivity index (χ0) is 18.4. The molecule has 0 radical (unpaired) electrons. The normalized spacial score (nSPS) is 17.2. The summed E-state index contributed by atoms with van der Waals surface area (Å²) < 4.78 is 19.0. The van der Waals surface area contributed by atoms with Crippen molar-refractivity contribution in [2.45, 2.75) is 19.4 Å². The van der Waals surface area contributed by atoms with Crippen molar-refractivity contribution in [2.75, 3.05) is 26.7 Å². The van der Waals surface area contributed by atoms with E-state index < -0.39 is 11.7 Å². The van der Waals surface area contributed by atoms with Crippen molar-refractivity contribution in [2.24, 2.45) is 5.92 Å². The fourth-order valence-corrected chi connectivity index (χ4v) is 3.51.